The number of aromatic nitrogens is 1. The molecule has 2 N–H and O–H groups in total. The predicted octanol–water partition coefficient (Wildman–Crippen LogP) is 2.30. The fourth-order valence-electron chi connectivity index (χ4n) is 2.57. The Morgan fingerprint density at radius 2 is 1.55 bits per heavy atom. The van der Waals surface area contributed by atoms with Crippen LogP contribution in [0, 0.1) is 6.92 Å². The molecule has 2 heterocycles. The fourth-order valence-corrected chi connectivity index (χ4v) is 2.57. The van der Waals surface area contributed by atoms with Crippen LogP contribution in [-0.4, -0.2) is 31.2 Å². The molecule has 0 unspecified atom stereocenters. The van der Waals surface area contributed by atoms with E-state index in [-0.39, 0.29) is 0 Å². The summed E-state index contributed by atoms with van der Waals surface area (Å²) in [4.78, 5) is 9.32. The average molecular weight is 268 g/mol. The molecule has 0 bridgehead atoms. The zero-order chi connectivity index (χ0) is 13.9. The minimum absolute atomic E-state index is 0.761. The van der Waals surface area contributed by atoms with Gasteiger partial charge in [-0.05, 0) is 31.2 Å². The number of nitrogens with two attached hydrogens (primary N) is 1. The molecular formula is C16H20N4. The summed E-state index contributed by atoms with van der Waals surface area (Å²) < 4.78 is 0. The normalized spacial score (nSPS) is 15.4. The summed E-state index contributed by atoms with van der Waals surface area (Å²) in [6.07, 6.45) is 0. The van der Waals surface area contributed by atoms with Gasteiger partial charge in [0.15, 0.2) is 0 Å². The van der Waals surface area contributed by atoms with Gasteiger partial charge in [-0.1, -0.05) is 18.2 Å². The van der Waals surface area contributed by atoms with E-state index in [0.717, 1.165) is 43.4 Å². The lowest BCUT2D eigenvalue weighted by atomic mass is 10.2. The van der Waals surface area contributed by atoms with Crippen LogP contribution in [0.25, 0.3) is 0 Å². The third kappa shape index (κ3) is 2.54. The summed E-state index contributed by atoms with van der Waals surface area (Å²) in [6.45, 7) is 5.99. The first kappa shape index (κ1) is 12.8. The second kappa shape index (κ2) is 5.41. The van der Waals surface area contributed by atoms with Crippen LogP contribution in [0.4, 0.5) is 17.2 Å². The highest BCUT2D eigenvalue weighted by Gasteiger charge is 2.18. The summed E-state index contributed by atoms with van der Waals surface area (Å²) in [7, 11) is 0. The van der Waals surface area contributed by atoms with Gasteiger partial charge in [-0.3, -0.25) is 0 Å². The molecule has 104 valence electrons. The van der Waals surface area contributed by atoms with Gasteiger partial charge in [-0.15, -0.1) is 0 Å². The van der Waals surface area contributed by atoms with E-state index in [1.165, 1.54) is 5.69 Å². The van der Waals surface area contributed by atoms with E-state index >= 15 is 0 Å². The Labute approximate surface area is 119 Å². The molecule has 20 heavy (non-hydrogen) atoms. The molecule has 1 aromatic heterocycles. The van der Waals surface area contributed by atoms with Crippen molar-refractivity contribution in [3.63, 3.8) is 0 Å². The molecule has 2 aromatic rings. The third-order valence-corrected chi connectivity index (χ3v) is 3.84. The molecule has 1 fully saturated rings. The fraction of sp³-hybridized carbons (Fsp3) is 0.312. The Kier molecular flexibility index (Phi) is 3.46. The zero-order valence-electron chi connectivity index (χ0n) is 11.8. The predicted molar refractivity (Wildman–Crippen MR) is 84.3 cm³/mol. The monoisotopic (exact) mass is 268 g/mol. The molecular weight excluding hydrogens is 248 g/mol. The van der Waals surface area contributed by atoms with E-state index in [9.17, 15) is 0 Å². The molecule has 0 radical (unpaired) electrons. The maximum absolute atomic E-state index is 5.83. The van der Waals surface area contributed by atoms with Crippen molar-refractivity contribution in [3.05, 3.63) is 48.2 Å². The van der Waals surface area contributed by atoms with Gasteiger partial charge in [0, 0.05) is 31.9 Å². The summed E-state index contributed by atoms with van der Waals surface area (Å²) in [6, 6.07) is 14.5. The maximum atomic E-state index is 5.83. The lowest BCUT2D eigenvalue weighted by Crippen LogP contribution is -2.46. The molecule has 1 aliphatic rings. The highest BCUT2D eigenvalue weighted by atomic mass is 15.3. The Bertz CT molecular complexity index is 574. The molecule has 0 aliphatic carbocycles. The highest BCUT2D eigenvalue weighted by molar-refractivity contribution is 5.52. The molecule has 3 rings (SSSR count). The first-order valence-electron chi connectivity index (χ1n) is 7.02. The number of nitrogens with zero attached hydrogens (tertiary/aromatic N) is 3. The Balaban J connectivity index is 1.68. The van der Waals surface area contributed by atoms with Gasteiger partial charge >= 0.3 is 0 Å². The quantitative estimate of drug-likeness (QED) is 0.907. The summed E-state index contributed by atoms with van der Waals surface area (Å²) in [5.41, 5.74) is 8.80. The molecule has 0 spiro atoms. The van der Waals surface area contributed by atoms with Crippen LogP contribution < -0.4 is 15.5 Å². The summed E-state index contributed by atoms with van der Waals surface area (Å²) in [5.74, 6) is 1.03. The van der Waals surface area contributed by atoms with Crippen molar-refractivity contribution in [2.45, 2.75) is 6.92 Å². The standard InChI is InChI=1S/C16H20N4/c1-13-15(17)7-8-16(18-13)20-11-9-19(10-12-20)14-5-3-2-4-6-14/h2-8H,9-12,17H2,1H3. The van der Waals surface area contributed by atoms with E-state index in [1.807, 2.05) is 19.1 Å². The largest absolute Gasteiger partial charge is 0.397 e. The Morgan fingerprint density at radius 3 is 2.20 bits per heavy atom. The minimum Gasteiger partial charge on any atom is -0.397 e. The number of para-hydroxylation sites is 1. The first-order valence-corrected chi connectivity index (χ1v) is 7.02. The van der Waals surface area contributed by atoms with Crippen molar-refractivity contribution < 1.29 is 0 Å². The zero-order valence-corrected chi connectivity index (χ0v) is 11.8. The number of pyridine rings is 1. The van der Waals surface area contributed by atoms with E-state index in [1.54, 1.807) is 0 Å². The molecule has 0 saturated carbocycles. The second-order valence-electron chi connectivity index (χ2n) is 5.15. The average Bonchev–Trinajstić information content (AvgIpc) is 2.51. The van der Waals surface area contributed by atoms with Gasteiger partial charge in [0.2, 0.25) is 0 Å². The van der Waals surface area contributed by atoms with Crippen molar-refractivity contribution in [2.75, 3.05) is 41.7 Å². The van der Waals surface area contributed by atoms with Crippen molar-refractivity contribution in [3.8, 4) is 0 Å². The number of piperazine rings is 1. The van der Waals surface area contributed by atoms with Gasteiger partial charge in [-0.2, -0.15) is 0 Å². The Hall–Kier alpha value is -2.23. The lowest BCUT2D eigenvalue weighted by molar-refractivity contribution is 0.647. The molecule has 1 aromatic carbocycles. The molecule has 0 amide bonds. The molecule has 1 saturated heterocycles. The van der Waals surface area contributed by atoms with Gasteiger partial charge in [0.25, 0.3) is 0 Å². The van der Waals surface area contributed by atoms with E-state index in [0.29, 0.717) is 0 Å². The van der Waals surface area contributed by atoms with E-state index < -0.39 is 0 Å². The van der Waals surface area contributed by atoms with Crippen LogP contribution in [0.1, 0.15) is 5.69 Å². The number of rotatable bonds is 2. The van der Waals surface area contributed by atoms with Gasteiger partial charge < -0.3 is 15.5 Å². The number of anilines is 3. The number of benzene rings is 1. The van der Waals surface area contributed by atoms with E-state index in [2.05, 4.69) is 45.1 Å². The number of aryl methyl sites for hydroxylation is 1. The van der Waals surface area contributed by atoms with Crippen LogP contribution in [0.3, 0.4) is 0 Å². The number of nitrogen functional groups attached to an aromatic ring is 1. The van der Waals surface area contributed by atoms with Crippen molar-refractivity contribution >= 4 is 17.2 Å². The summed E-state index contributed by atoms with van der Waals surface area (Å²) in [5, 5.41) is 0. The van der Waals surface area contributed by atoms with Crippen molar-refractivity contribution in [1.82, 2.24) is 4.98 Å². The summed E-state index contributed by atoms with van der Waals surface area (Å²) >= 11 is 0. The lowest BCUT2D eigenvalue weighted by Gasteiger charge is -2.36. The van der Waals surface area contributed by atoms with Crippen LogP contribution in [0.5, 0.6) is 0 Å². The van der Waals surface area contributed by atoms with Crippen LogP contribution in [0.2, 0.25) is 0 Å². The maximum Gasteiger partial charge on any atom is 0.129 e. The van der Waals surface area contributed by atoms with Gasteiger partial charge in [0.05, 0.1) is 11.4 Å². The topological polar surface area (TPSA) is 45.4 Å². The van der Waals surface area contributed by atoms with Crippen molar-refractivity contribution in [2.24, 2.45) is 0 Å². The smallest absolute Gasteiger partial charge is 0.129 e. The minimum atomic E-state index is 0.761. The van der Waals surface area contributed by atoms with Gasteiger partial charge in [0.1, 0.15) is 5.82 Å². The molecule has 1 aliphatic heterocycles. The SMILES string of the molecule is Cc1nc(N2CCN(c3ccccc3)CC2)ccc1N. The molecule has 4 nitrogen and oxygen atoms in total. The Morgan fingerprint density at radius 1 is 0.900 bits per heavy atom. The third-order valence-electron chi connectivity index (χ3n) is 3.84. The number of hydrogen-bond acceptors (Lipinski definition) is 4. The number of hydrogen-bond donors (Lipinski definition) is 1. The highest BCUT2D eigenvalue weighted by Crippen LogP contribution is 2.20. The molecule has 4 heteroatoms. The molecule has 0 atom stereocenters. The van der Waals surface area contributed by atoms with Crippen LogP contribution in [-0.2, 0) is 0 Å². The first-order chi connectivity index (χ1) is 9.74. The van der Waals surface area contributed by atoms with Crippen molar-refractivity contribution in [1.29, 1.82) is 0 Å². The van der Waals surface area contributed by atoms with Gasteiger partial charge in [-0.25, -0.2) is 4.98 Å². The van der Waals surface area contributed by atoms with Crippen LogP contribution >= 0.6 is 0 Å². The van der Waals surface area contributed by atoms with Crippen LogP contribution in [0.15, 0.2) is 42.5 Å². The van der Waals surface area contributed by atoms with E-state index in [4.69, 9.17) is 5.73 Å². The second-order valence-corrected chi connectivity index (χ2v) is 5.15.